The van der Waals surface area contributed by atoms with Crippen molar-refractivity contribution in [1.29, 1.82) is 0 Å². The van der Waals surface area contributed by atoms with E-state index in [1.54, 1.807) is 12.1 Å². The highest BCUT2D eigenvalue weighted by Gasteiger charge is 2.19. The third kappa shape index (κ3) is 4.11. The minimum Gasteiger partial charge on any atom is -0.301 e. The van der Waals surface area contributed by atoms with Crippen molar-refractivity contribution in [3.8, 4) is 0 Å². The molecule has 0 aromatic heterocycles. The molecule has 1 heterocycles. The maximum Gasteiger partial charge on any atom is 0.176 e. The topological polar surface area (TPSA) is 23.6 Å². The van der Waals surface area contributed by atoms with Crippen molar-refractivity contribution < 1.29 is 9.18 Å². The molecule has 1 aromatic carbocycles. The van der Waals surface area contributed by atoms with Crippen molar-refractivity contribution >= 4 is 5.78 Å². The number of piperazine rings is 1. The Hall–Kier alpha value is -1.26. The van der Waals surface area contributed by atoms with Crippen molar-refractivity contribution in [3.63, 3.8) is 0 Å². The molecule has 0 amide bonds. The molecular formula is C15H21FN2O. The second-order valence-corrected chi connectivity index (χ2v) is 5.05. The molecule has 0 atom stereocenters. The zero-order chi connectivity index (χ0) is 13.7. The molecule has 4 heteroatoms. The summed E-state index contributed by atoms with van der Waals surface area (Å²) in [5, 5.41) is 0. The largest absolute Gasteiger partial charge is 0.301 e. The molecule has 0 spiro atoms. The number of rotatable bonds is 5. The normalized spacial score (nSPS) is 17.6. The quantitative estimate of drug-likeness (QED) is 0.760. The van der Waals surface area contributed by atoms with Crippen molar-refractivity contribution in [2.45, 2.75) is 13.3 Å². The van der Waals surface area contributed by atoms with Gasteiger partial charge in [-0.25, -0.2) is 4.39 Å². The lowest BCUT2D eigenvalue weighted by molar-refractivity contribution is 0.0852. The molecule has 1 aromatic rings. The number of nitrogens with zero attached hydrogens (tertiary/aromatic N) is 2. The first-order valence-corrected chi connectivity index (χ1v) is 6.92. The number of halogens is 1. The van der Waals surface area contributed by atoms with E-state index in [9.17, 15) is 9.18 Å². The van der Waals surface area contributed by atoms with E-state index in [2.05, 4.69) is 16.7 Å². The van der Waals surface area contributed by atoms with E-state index in [1.807, 2.05) is 0 Å². The van der Waals surface area contributed by atoms with Gasteiger partial charge < -0.3 is 4.90 Å². The number of carbonyl (C=O) groups is 1. The Morgan fingerprint density at radius 2 is 1.89 bits per heavy atom. The predicted octanol–water partition coefficient (Wildman–Crippen LogP) is 2.04. The average molecular weight is 264 g/mol. The molecule has 0 bridgehead atoms. The molecule has 0 unspecified atom stereocenters. The van der Waals surface area contributed by atoms with Crippen LogP contribution in [0.25, 0.3) is 0 Å². The highest BCUT2D eigenvalue weighted by Crippen LogP contribution is 2.08. The molecule has 0 saturated carbocycles. The standard InChI is InChI=1S/C15H21FN2O/c1-2-6-17-7-9-18(10-8-17)12-15(19)13-4-3-5-14(16)11-13/h3-5,11H,2,6-10,12H2,1H3. The fourth-order valence-electron chi connectivity index (χ4n) is 2.44. The smallest absolute Gasteiger partial charge is 0.176 e. The van der Waals surface area contributed by atoms with E-state index >= 15 is 0 Å². The van der Waals surface area contributed by atoms with Crippen molar-refractivity contribution in [3.05, 3.63) is 35.6 Å². The highest BCUT2D eigenvalue weighted by atomic mass is 19.1. The van der Waals surface area contributed by atoms with Crippen LogP contribution in [-0.2, 0) is 0 Å². The summed E-state index contributed by atoms with van der Waals surface area (Å²) in [5.74, 6) is -0.345. The first-order chi connectivity index (χ1) is 9.19. The lowest BCUT2D eigenvalue weighted by Gasteiger charge is -2.34. The summed E-state index contributed by atoms with van der Waals surface area (Å²) in [7, 11) is 0. The Labute approximate surface area is 114 Å². The molecule has 19 heavy (non-hydrogen) atoms. The van der Waals surface area contributed by atoms with Gasteiger partial charge >= 0.3 is 0 Å². The van der Waals surface area contributed by atoms with E-state index in [0.717, 1.165) is 32.7 Å². The molecule has 104 valence electrons. The van der Waals surface area contributed by atoms with Crippen LogP contribution in [0.4, 0.5) is 4.39 Å². The van der Waals surface area contributed by atoms with Crippen LogP contribution < -0.4 is 0 Å². The summed E-state index contributed by atoms with van der Waals surface area (Å²) in [6.45, 7) is 7.58. The maximum atomic E-state index is 13.1. The predicted molar refractivity (Wildman–Crippen MR) is 73.9 cm³/mol. The Morgan fingerprint density at radius 3 is 2.53 bits per heavy atom. The zero-order valence-corrected chi connectivity index (χ0v) is 11.4. The summed E-state index contributed by atoms with van der Waals surface area (Å²) >= 11 is 0. The van der Waals surface area contributed by atoms with Gasteiger partial charge in [-0.15, -0.1) is 0 Å². The third-order valence-electron chi connectivity index (χ3n) is 3.52. The molecule has 0 N–H and O–H groups in total. The third-order valence-corrected chi connectivity index (χ3v) is 3.52. The number of ketones is 1. The van der Waals surface area contributed by atoms with Gasteiger partial charge in [0.1, 0.15) is 5.82 Å². The van der Waals surface area contributed by atoms with E-state index < -0.39 is 0 Å². The second-order valence-electron chi connectivity index (χ2n) is 5.05. The van der Waals surface area contributed by atoms with Crippen LogP contribution in [-0.4, -0.2) is 54.9 Å². The molecule has 3 nitrogen and oxygen atoms in total. The fraction of sp³-hybridized carbons (Fsp3) is 0.533. The van der Waals surface area contributed by atoms with Crippen LogP contribution in [0.3, 0.4) is 0 Å². The summed E-state index contributed by atoms with van der Waals surface area (Å²) in [6, 6.07) is 5.94. The number of hydrogen-bond donors (Lipinski definition) is 0. The molecule has 1 aliphatic heterocycles. The lowest BCUT2D eigenvalue weighted by atomic mass is 10.1. The van der Waals surface area contributed by atoms with E-state index in [0.29, 0.717) is 12.1 Å². The Kier molecular flexibility index (Phi) is 5.05. The lowest BCUT2D eigenvalue weighted by Crippen LogP contribution is -2.47. The summed E-state index contributed by atoms with van der Waals surface area (Å²) < 4.78 is 13.1. The summed E-state index contributed by atoms with van der Waals surface area (Å²) in [6.07, 6.45) is 1.17. The van der Waals surface area contributed by atoms with E-state index in [1.165, 1.54) is 18.6 Å². The van der Waals surface area contributed by atoms with Crippen LogP contribution in [0.1, 0.15) is 23.7 Å². The minimum atomic E-state index is -0.349. The van der Waals surface area contributed by atoms with Gasteiger partial charge in [0.15, 0.2) is 5.78 Å². The maximum absolute atomic E-state index is 13.1. The minimum absolute atomic E-state index is 0.00319. The van der Waals surface area contributed by atoms with E-state index in [4.69, 9.17) is 0 Å². The molecule has 0 aliphatic carbocycles. The van der Waals surface area contributed by atoms with Crippen LogP contribution in [0.5, 0.6) is 0 Å². The Morgan fingerprint density at radius 1 is 1.21 bits per heavy atom. The number of benzene rings is 1. The van der Waals surface area contributed by atoms with Gasteiger partial charge in [0.2, 0.25) is 0 Å². The average Bonchev–Trinajstić information content (AvgIpc) is 2.41. The van der Waals surface area contributed by atoms with Crippen LogP contribution in [0.2, 0.25) is 0 Å². The first kappa shape index (κ1) is 14.2. The molecule has 2 rings (SSSR count). The van der Waals surface area contributed by atoms with E-state index in [-0.39, 0.29) is 11.6 Å². The molecular weight excluding hydrogens is 243 g/mol. The van der Waals surface area contributed by atoms with Gasteiger partial charge in [-0.2, -0.15) is 0 Å². The summed E-state index contributed by atoms with van der Waals surface area (Å²) in [5.41, 5.74) is 0.469. The monoisotopic (exact) mass is 264 g/mol. The van der Waals surface area contributed by atoms with Crippen molar-refractivity contribution in [2.24, 2.45) is 0 Å². The van der Waals surface area contributed by atoms with Gasteiger partial charge in [0.25, 0.3) is 0 Å². The summed E-state index contributed by atoms with van der Waals surface area (Å²) in [4.78, 5) is 16.6. The molecule has 1 fully saturated rings. The molecule has 1 saturated heterocycles. The van der Waals surface area contributed by atoms with Gasteiger partial charge in [-0.1, -0.05) is 19.1 Å². The van der Waals surface area contributed by atoms with Gasteiger partial charge in [0.05, 0.1) is 6.54 Å². The highest BCUT2D eigenvalue weighted by molar-refractivity contribution is 5.97. The van der Waals surface area contributed by atoms with Crippen LogP contribution >= 0.6 is 0 Å². The van der Waals surface area contributed by atoms with Crippen LogP contribution in [0.15, 0.2) is 24.3 Å². The Balaban J connectivity index is 1.84. The van der Waals surface area contributed by atoms with Crippen LogP contribution in [0, 0.1) is 5.82 Å². The SMILES string of the molecule is CCCN1CCN(CC(=O)c2cccc(F)c2)CC1. The van der Waals surface area contributed by atoms with Crippen molar-refractivity contribution in [1.82, 2.24) is 9.80 Å². The molecule has 0 radical (unpaired) electrons. The Bertz CT molecular complexity index is 428. The number of hydrogen-bond acceptors (Lipinski definition) is 3. The molecule has 1 aliphatic rings. The fourth-order valence-corrected chi connectivity index (χ4v) is 2.44. The second kappa shape index (κ2) is 6.78. The van der Waals surface area contributed by atoms with Gasteiger partial charge in [-0.05, 0) is 25.1 Å². The zero-order valence-electron chi connectivity index (χ0n) is 11.4. The number of Topliss-reactive ketones (excluding diaryl/α,β-unsaturated/α-hetero) is 1. The first-order valence-electron chi connectivity index (χ1n) is 6.92. The number of carbonyl (C=O) groups excluding carboxylic acids is 1. The van der Waals surface area contributed by atoms with Gasteiger partial charge in [0, 0.05) is 31.7 Å². The van der Waals surface area contributed by atoms with Crippen molar-refractivity contribution in [2.75, 3.05) is 39.3 Å². The van der Waals surface area contributed by atoms with Gasteiger partial charge in [-0.3, -0.25) is 9.69 Å².